The maximum absolute atomic E-state index is 9.95. The summed E-state index contributed by atoms with van der Waals surface area (Å²) in [6.45, 7) is 1.38. The van der Waals surface area contributed by atoms with E-state index in [1.165, 1.54) is 0 Å². The van der Waals surface area contributed by atoms with Gasteiger partial charge in [0.1, 0.15) is 12.7 Å². The van der Waals surface area contributed by atoms with Crippen molar-refractivity contribution in [2.45, 2.75) is 6.10 Å². The first-order valence-corrected chi connectivity index (χ1v) is 2.77. The Balaban J connectivity index is 2.26. The third kappa shape index (κ3) is 2.09. The molecule has 4 heteroatoms. The van der Waals surface area contributed by atoms with Crippen LogP contribution in [0.3, 0.4) is 0 Å². The minimum absolute atomic E-state index is 0.253. The summed E-state index contributed by atoms with van der Waals surface area (Å²) < 4.78 is 4.94. The number of carbonyl (C=O) groups excluding carboxylic acids is 1. The van der Waals surface area contributed by atoms with Crippen LogP contribution in [0.25, 0.3) is 0 Å². The predicted octanol–water partition coefficient (Wildman–Crippen LogP) is -0.984. The molecule has 0 aromatic rings. The molecule has 4 nitrogen and oxygen atoms in total. The van der Waals surface area contributed by atoms with Crippen molar-refractivity contribution < 1.29 is 14.4 Å². The highest BCUT2D eigenvalue weighted by atomic mass is 16.7. The van der Waals surface area contributed by atoms with Gasteiger partial charge in [-0.05, 0) is 0 Å². The lowest BCUT2D eigenvalue weighted by atomic mass is 10.4. The summed E-state index contributed by atoms with van der Waals surface area (Å²) in [5, 5.41) is 0. The van der Waals surface area contributed by atoms with E-state index in [0.29, 0.717) is 13.2 Å². The summed E-state index contributed by atoms with van der Waals surface area (Å²) in [6.07, 6.45) is 1.19. The van der Waals surface area contributed by atoms with Crippen LogP contribution in [0, 0.1) is 0 Å². The van der Waals surface area contributed by atoms with E-state index in [9.17, 15) is 4.79 Å². The lowest BCUT2D eigenvalue weighted by molar-refractivity contribution is 0.0262. The van der Waals surface area contributed by atoms with Crippen LogP contribution in [0.4, 0.5) is 0 Å². The summed E-state index contributed by atoms with van der Waals surface area (Å²) in [4.78, 5) is 14.7. The lowest BCUT2D eigenvalue weighted by Crippen LogP contribution is -2.19. The van der Waals surface area contributed by atoms with Crippen molar-refractivity contribution >= 4 is 6.29 Å². The highest BCUT2D eigenvalue weighted by Gasteiger charge is 2.11. The number of hydroxylamine groups is 1. The molecule has 1 radical (unpaired) electrons. The smallest absolute Gasteiger partial charge is 0.232 e. The first kappa shape index (κ1) is 6.67. The number of ether oxygens (including phenoxy) is 1. The minimum atomic E-state index is -0.514. The number of nitrogens with one attached hydrogen (secondary N) is 1. The second kappa shape index (κ2) is 3.55. The second-order valence-corrected chi connectivity index (χ2v) is 1.68. The van der Waals surface area contributed by atoms with Gasteiger partial charge in [-0.15, -0.1) is 0 Å². The van der Waals surface area contributed by atoms with Gasteiger partial charge in [-0.1, -0.05) is 0 Å². The van der Waals surface area contributed by atoms with Gasteiger partial charge in [0, 0.05) is 6.54 Å². The van der Waals surface area contributed by atoms with Crippen molar-refractivity contribution in [2.75, 3.05) is 19.8 Å². The second-order valence-electron chi connectivity index (χ2n) is 1.68. The fourth-order valence-corrected chi connectivity index (χ4v) is 0.566. The quantitative estimate of drug-likeness (QED) is 0.495. The number of rotatable bonds is 1. The fraction of sp³-hybridized carbons (Fsp3) is 0.800. The molecule has 1 atom stereocenters. The van der Waals surface area contributed by atoms with Gasteiger partial charge in [0.05, 0.1) is 6.61 Å². The molecule has 1 N–H and O–H groups in total. The monoisotopic (exact) mass is 130 g/mol. The van der Waals surface area contributed by atoms with E-state index in [0.717, 1.165) is 0 Å². The molecular weight excluding hydrogens is 122 g/mol. The Kier molecular flexibility index (Phi) is 2.63. The summed E-state index contributed by atoms with van der Waals surface area (Å²) in [5.41, 5.74) is 2.61. The van der Waals surface area contributed by atoms with Crippen LogP contribution >= 0.6 is 0 Å². The van der Waals surface area contributed by atoms with Gasteiger partial charge in [-0.25, -0.2) is 5.48 Å². The van der Waals surface area contributed by atoms with Gasteiger partial charge in [-0.3, -0.25) is 9.63 Å². The third-order valence-corrected chi connectivity index (χ3v) is 0.991. The Labute approximate surface area is 53.1 Å². The number of hydrogen-bond acceptors (Lipinski definition) is 4. The molecule has 1 fully saturated rings. The standard InChI is InChI=1S/C5H8NO3/c7-3-5-4-9-6-1-2-8-5/h5-6H,1-2,4H2. The van der Waals surface area contributed by atoms with Crippen LogP contribution in [-0.2, 0) is 14.4 Å². The topological polar surface area (TPSA) is 47.6 Å². The van der Waals surface area contributed by atoms with Gasteiger partial charge in [0.25, 0.3) is 0 Å². The van der Waals surface area contributed by atoms with E-state index in [4.69, 9.17) is 9.57 Å². The van der Waals surface area contributed by atoms with Crippen molar-refractivity contribution in [3.8, 4) is 0 Å². The van der Waals surface area contributed by atoms with E-state index in [1.54, 1.807) is 6.29 Å². The molecular formula is C5H8NO3. The molecule has 9 heavy (non-hydrogen) atoms. The van der Waals surface area contributed by atoms with E-state index in [2.05, 4.69) is 5.48 Å². The van der Waals surface area contributed by atoms with E-state index in [-0.39, 0.29) is 6.61 Å². The Morgan fingerprint density at radius 2 is 2.56 bits per heavy atom. The highest BCUT2D eigenvalue weighted by molar-refractivity contribution is 5.57. The molecule has 1 heterocycles. The molecule has 0 bridgehead atoms. The highest BCUT2D eigenvalue weighted by Crippen LogP contribution is 1.91. The van der Waals surface area contributed by atoms with Crippen molar-refractivity contribution in [1.82, 2.24) is 5.48 Å². The van der Waals surface area contributed by atoms with Gasteiger partial charge >= 0.3 is 0 Å². The number of hydrogen-bond donors (Lipinski definition) is 1. The van der Waals surface area contributed by atoms with Crippen LogP contribution in [0.1, 0.15) is 0 Å². The molecule has 51 valence electrons. The SMILES string of the molecule is O=[C]C1CONCCO1. The largest absolute Gasteiger partial charge is 0.366 e. The molecule has 1 rings (SSSR count). The van der Waals surface area contributed by atoms with Gasteiger partial charge in [-0.2, -0.15) is 0 Å². The molecule has 0 spiro atoms. The zero-order valence-corrected chi connectivity index (χ0v) is 4.92. The Hall–Kier alpha value is -0.450. The van der Waals surface area contributed by atoms with Crippen molar-refractivity contribution in [3.63, 3.8) is 0 Å². The summed E-state index contributed by atoms with van der Waals surface area (Å²) in [6, 6.07) is 0. The molecule has 0 aromatic heterocycles. The Morgan fingerprint density at radius 1 is 1.67 bits per heavy atom. The Morgan fingerprint density at radius 3 is 3.33 bits per heavy atom. The molecule has 0 aliphatic carbocycles. The van der Waals surface area contributed by atoms with Crippen molar-refractivity contribution in [3.05, 3.63) is 0 Å². The summed E-state index contributed by atoms with van der Waals surface area (Å²) in [5.74, 6) is 0. The molecule has 1 unspecified atom stereocenters. The first-order chi connectivity index (χ1) is 4.43. The van der Waals surface area contributed by atoms with Gasteiger partial charge in [0.2, 0.25) is 6.29 Å². The summed E-state index contributed by atoms with van der Waals surface area (Å²) >= 11 is 0. The normalized spacial score (nSPS) is 29.1. The first-order valence-electron chi connectivity index (χ1n) is 2.77. The zero-order valence-electron chi connectivity index (χ0n) is 4.92. The van der Waals surface area contributed by atoms with Crippen molar-refractivity contribution in [1.29, 1.82) is 0 Å². The molecule has 0 aromatic carbocycles. The van der Waals surface area contributed by atoms with E-state index < -0.39 is 6.10 Å². The average molecular weight is 130 g/mol. The third-order valence-electron chi connectivity index (χ3n) is 0.991. The van der Waals surface area contributed by atoms with Crippen LogP contribution in [-0.4, -0.2) is 32.1 Å². The van der Waals surface area contributed by atoms with Crippen LogP contribution < -0.4 is 5.48 Å². The molecule has 1 aliphatic heterocycles. The molecule has 0 amide bonds. The Bertz CT molecular complexity index is 88.2. The van der Waals surface area contributed by atoms with Crippen LogP contribution in [0.2, 0.25) is 0 Å². The van der Waals surface area contributed by atoms with Gasteiger partial charge < -0.3 is 4.74 Å². The lowest BCUT2D eigenvalue weighted by Gasteiger charge is -2.01. The minimum Gasteiger partial charge on any atom is -0.366 e. The maximum Gasteiger partial charge on any atom is 0.232 e. The molecule has 1 saturated heterocycles. The van der Waals surface area contributed by atoms with E-state index >= 15 is 0 Å². The van der Waals surface area contributed by atoms with Crippen LogP contribution in [0.5, 0.6) is 0 Å². The van der Waals surface area contributed by atoms with Gasteiger partial charge in [0.15, 0.2) is 0 Å². The maximum atomic E-state index is 9.95. The molecule has 0 saturated carbocycles. The average Bonchev–Trinajstić information content (AvgIpc) is 2.13. The van der Waals surface area contributed by atoms with E-state index in [1.807, 2.05) is 0 Å². The summed E-state index contributed by atoms with van der Waals surface area (Å²) in [7, 11) is 0. The molecule has 1 aliphatic rings. The zero-order chi connectivity index (χ0) is 6.53. The van der Waals surface area contributed by atoms with Crippen LogP contribution in [0.15, 0.2) is 0 Å². The predicted molar refractivity (Wildman–Crippen MR) is 29.4 cm³/mol. The van der Waals surface area contributed by atoms with Crippen molar-refractivity contribution in [2.24, 2.45) is 0 Å². The fourth-order valence-electron chi connectivity index (χ4n) is 0.566.